The first-order chi connectivity index (χ1) is 17.0. The molecule has 3 aromatic rings. The summed E-state index contributed by atoms with van der Waals surface area (Å²) in [5, 5.41) is 4.16. The fourth-order valence-electron chi connectivity index (χ4n) is 4.47. The highest BCUT2D eigenvalue weighted by molar-refractivity contribution is 5.93. The Kier molecular flexibility index (Phi) is 7.96. The summed E-state index contributed by atoms with van der Waals surface area (Å²) in [6.45, 7) is 9.40. The Morgan fingerprint density at radius 2 is 1.97 bits per heavy atom. The number of ether oxygens (including phenoxy) is 1. The molecule has 0 aliphatic carbocycles. The van der Waals surface area contributed by atoms with Crippen LogP contribution >= 0.6 is 0 Å². The molecule has 0 saturated carbocycles. The molecular weight excluding hydrogens is 438 g/mol. The molecule has 182 valence electrons. The van der Waals surface area contributed by atoms with E-state index in [0.717, 1.165) is 60.4 Å². The molecule has 0 bridgehead atoms. The van der Waals surface area contributed by atoms with Gasteiger partial charge in [-0.1, -0.05) is 12.0 Å². The van der Waals surface area contributed by atoms with E-state index in [1.165, 1.54) is 6.33 Å². The highest BCUT2D eigenvalue weighted by atomic mass is 16.5. The van der Waals surface area contributed by atoms with Gasteiger partial charge >= 0.3 is 0 Å². The lowest BCUT2D eigenvalue weighted by molar-refractivity contribution is -0.118. The van der Waals surface area contributed by atoms with Crippen LogP contribution in [0.15, 0.2) is 42.7 Å². The molecule has 0 atom stereocenters. The Hall–Kier alpha value is -3.47. The second-order valence-electron chi connectivity index (χ2n) is 9.19. The summed E-state index contributed by atoms with van der Waals surface area (Å²) in [5.41, 5.74) is 3.20. The predicted molar refractivity (Wildman–Crippen MR) is 140 cm³/mol. The fraction of sp³-hybridized carbons (Fsp3) is 0.393. The van der Waals surface area contributed by atoms with Crippen molar-refractivity contribution >= 4 is 28.2 Å². The lowest BCUT2D eigenvalue weighted by Gasteiger charge is -2.36. The normalized spacial score (nSPS) is 14.7. The Bertz CT molecular complexity index is 1230. The van der Waals surface area contributed by atoms with Gasteiger partial charge in [-0.3, -0.25) is 9.69 Å². The number of hydrogen-bond acceptors (Lipinski definition) is 7. The Labute approximate surface area is 207 Å². The third kappa shape index (κ3) is 6.16. The number of carbonyl (C=O) groups is 1. The molecule has 0 spiro atoms. The van der Waals surface area contributed by atoms with E-state index in [4.69, 9.17) is 11.2 Å². The molecule has 7 nitrogen and oxygen atoms in total. The van der Waals surface area contributed by atoms with Crippen LogP contribution in [0, 0.1) is 12.3 Å². The molecule has 1 aliphatic heterocycles. The smallest absolute Gasteiger partial charge is 0.141 e. The minimum atomic E-state index is 0.196. The molecule has 2 heterocycles. The molecule has 1 N–H and O–H groups in total. The molecule has 0 radical (unpaired) electrons. The van der Waals surface area contributed by atoms with E-state index in [1.807, 2.05) is 36.4 Å². The molecule has 2 aromatic carbocycles. The highest BCUT2D eigenvalue weighted by Gasteiger charge is 2.20. The van der Waals surface area contributed by atoms with Crippen molar-refractivity contribution in [1.82, 2.24) is 19.8 Å². The number of carbonyl (C=O) groups excluding carboxylic acids is 1. The lowest BCUT2D eigenvalue weighted by atomic mass is 10.0. The average molecular weight is 472 g/mol. The third-order valence-electron chi connectivity index (χ3n) is 6.56. The first-order valence-corrected chi connectivity index (χ1v) is 12.1. The van der Waals surface area contributed by atoms with Crippen LogP contribution in [0.5, 0.6) is 5.75 Å². The van der Waals surface area contributed by atoms with Crippen molar-refractivity contribution in [2.75, 3.05) is 45.2 Å². The van der Waals surface area contributed by atoms with Gasteiger partial charge in [0.1, 0.15) is 23.7 Å². The average Bonchev–Trinajstić information content (AvgIpc) is 2.87. The summed E-state index contributed by atoms with van der Waals surface area (Å²) in [6, 6.07) is 12.0. The van der Waals surface area contributed by atoms with Gasteiger partial charge in [-0.05, 0) is 38.1 Å². The van der Waals surface area contributed by atoms with Crippen LogP contribution in [-0.4, -0.2) is 71.4 Å². The monoisotopic (exact) mass is 471 g/mol. The van der Waals surface area contributed by atoms with E-state index < -0.39 is 0 Å². The molecule has 1 aliphatic rings. The Morgan fingerprint density at radius 3 is 2.69 bits per heavy atom. The van der Waals surface area contributed by atoms with Crippen molar-refractivity contribution in [2.45, 2.75) is 32.7 Å². The molecular formula is C28H33N5O2. The van der Waals surface area contributed by atoms with Crippen LogP contribution in [0.1, 0.15) is 31.4 Å². The zero-order chi connectivity index (χ0) is 24.8. The number of ketones is 1. The van der Waals surface area contributed by atoms with Crippen molar-refractivity contribution in [3.05, 3.63) is 53.9 Å². The number of anilines is 2. The first-order valence-electron chi connectivity index (χ1n) is 12.1. The van der Waals surface area contributed by atoms with Crippen LogP contribution in [-0.2, 0) is 11.2 Å². The van der Waals surface area contributed by atoms with Gasteiger partial charge in [0.15, 0.2) is 0 Å². The zero-order valence-electron chi connectivity index (χ0n) is 20.8. The second-order valence-corrected chi connectivity index (χ2v) is 9.19. The van der Waals surface area contributed by atoms with Gasteiger partial charge in [0.2, 0.25) is 0 Å². The molecule has 1 saturated heterocycles. The molecule has 7 heteroatoms. The van der Waals surface area contributed by atoms with Gasteiger partial charge < -0.3 is 15.0 Å². The van der Waals surface area contributed by atoms with Crippen molar-refractivity contribution in [3.63, 3.8) is 0 Å². The van der Waals surface area contributed by atoms with Gasteiger partial charge in [0.05, 0.1) is 12.6 Å². The summed E-state index contributed by atoms with van der Waals surface area (Å²) in [5.74, 6) is 4.16. The summed E-state index contributed by atoms with van der Waals surface area (Å²) >= 11 is 0. The Morgan fingerprint density at radius 1 is 1.17 bits per heavy atom. The van der Waals surface area contributed by atoms with E-state index >= 15 is 0 Å². The maximum Gasteiger partial charge on any atom is 0.141 e. The number of benzene rings is 2. The molecule has 1 aromatic heterocycles. The summed E-state index contributed by atoms with van der Waals surface area (Å²) in [6.07, 6.45) is 7.89. The van der Waals surface area contributed by atoms with Crippen LogP contribution < -0.4 is 10.1 Å². The van der Waals surface area contributed by atoms with Crippen molar-refractivity contribution < 1.29 is 9.53 Å². The molecule has 1 fully saturated rings. The van der Waals surface area contributed by atoms with E-state index in [1.54, 1.807) is 7.11 Å². The number of methoxy groups -OCH3 is 1. The molecule has 4 rings (SSSR count). The first kappa shape index (κ1) is 24.6. The number of piperazine rings is 1. The molecule has 0 unspecified atom stereocenters. The van der Waals surface area contributed by atoms with Gasteiger partial charge in [0.25, 0.3) is 0 Å². The lowest BCUT2D eigenvalue weighted by Crippen LogP contribution is -2.49. The van der Waals surface area contributed by atoms with Gasteiger partial charge in [0, 0.05) is 79.9 Å². The van der Waals surface area contributed by atoms with E-state index in [-0.39, 0.29) is 5.78 Å². The quantitative estimate of drug-likeness (QED) is 0.475. The van der Waals surface area contributed by atoms with Crippen LogP contribution in [0.3, 0.4) is 0 Å². The van der Waals surface area contributed by atoms with E-state index in [0.29, 0.717) is 30.5 Å². The van der Waals surface area contributed by atoms with Gasteiger partial charge in [-0.15, -0.1) is 6.42 Å². The number of nitrogens with one attached hydrogen (secondary N) is 1. The summed E-state index contributed by atoms with van der Waals surface area (Å²) in [7, 11) is 1.62. The number of nitrogens with zero attached hydrogens (tertiary/aromatic N) is 4. The largest absolute Gasteiger partial charge is 0.496 e. The van der Waals surface area contributed by atoms with Crippen LogP contribution in [0.2, 0.25) is 0 Å². The minimum absolute atomic E-state index is 0.196. The number of rotatable bonds is 9. The molecule has 35 heavy (non-hydrogen) atoms. The summed E-state index contributed by atoms with van der Waals surface area (Å²) < 4.78 is 5.60. The number of fused-ring (bicyclic) bond motifs is 1. The number of Topliss-reactive ketones (excluding diaryl/α,β-unsaturated/α-hetero) is 1. The van der Waals surface area contributed by atoms with Crippen molar-refractivity contribution in [1.29, 1.82) is 0 Å². The highest BCUT2D eigenvalue weighted by Crippen LogP contribution is 2.30. The van der Waals surface area contributed by atoms with Crippen molar-refractivity contribution in [3.8, 4) is 18.1 Å². The number of hydrogen-bond donors (Lipinski definition) is 1. The third-order valence-corrected chi connectivity index (χ3v) is 6.56. The predicted octanol–water partition coefficient (Wildman–Crippen LogP) is 3.89. The number of aromatic nitrogens is 2. The van der Waals surface area contributed by atoms with Crippen LogP contribution in [0.25, 0.3) is 10.9 Å². The minimum Gasteiger partial charge on any atom is -0.496 e. The van der Waals surface area contributed by atoms with Gasteiger partial charge in [-0.25, -0.2) is 9.97 Å². The van der Waals surface area contributed by atoms with Gasteiger partial charge in [-0.2, -0.15) is 0 Å². The maximum absolute atomic E-state index is 12.9. The standard InChI is InChI=1S/C28H33N5O2/c1-5-21-7-6-8-23(15-21)31-28-25-17-22(27(35-4)18-26(25)29-19-30-28)16-24(34)9-10-32-11-13-33(14-12-32)20(2)3/h1,6-8,15,17-20H,9-14,16H2,2-4H3,(H,29,30,31). The topological polar surface area (TPSA) is 70.6 Å². The van der Waals surface area contributed by atoms with E-state index in [9.17, 15) is 4.79 Å². The van der Waals surface area contributed by atoms with E-state index in [2.05, 4.69) is 44.9 Å². The summed E-state index contributed by atoms with van der Waals surface area (Å²) in [4.78, 5) is 26.6. The number of terminal acetylenes is 1. The Balaban J connectivity index is 1.47. The second kappa shape index (κ2) is 11.3. The van der Waals surface area contributed by atoms with Crippen LogP contribution in [0.4, 0.5) is 11.5 Å². The van der Waals surface area contributed by atoms with Crippen molar-refractivity contribution in [2.24, 2.45) is 0 Å². The SMILES string of the molecule is C#Cc1cccc(Nc2ncnc3cc(OC)c(CC(=O)CCN4CCN(C(C)C)CC4)cc23)c1. The fourth-order valence-corrected chi connectivity index (χ4v) is 4.47. The zero-order valence-corrected chi connectivity index (χ0v) is 20.8. The maximum atomic E-state index is 12.9. The molecule has 0 amide bonds.